The standard InChI is InChI=1S/C15H11Cl2N3/c16-12-7-6-10(8-13(12)17)14-9-15(18)20(19-14)11-4-2-1-3-5-11/h1-9H,18H2. The van der Waals surface area contributed by atoms with Crippen molar-refractivity contribution < 1.29 is 0 Å². The summed E-state index contributed by atoms with van der Waals surface area (Å²) < 4.78 is 1.69. The third-order valence-corrected chi connectivity index (χ3v) is 3.69. The van der Waals surface area contributed by atoms with Crippen LogP contribution in [0.1, 0.15) is 0 Å². The Hall–Kier alpha value is -1.97. The van der Waals surface area contributed by atoms with Crippen molar-refractivity contribution in [2.45, 2.75) is 0 Å². The first-order chi connectivity index (χ1) is 9.65. The summed E-state index contributed by atoms with van der Waals surface area (Å²) in [4.78, 5) is 0. The normalized spacial score (nSPS) is 10.7. The van der Waals surface area contributed by atoms with E-state index in [9.17, 15) is 0 Å². The third kappa shape index (κ3) is 2.38. The number of hydrogen-bond acceptors (Lipinski definition) is 2. The molecule has 0 saturated heterocycles. The Labute approximate surface area is 126 Å². The number of hydrogen-bond donors (Lipinski definition) is 1. The molecular weight excluding hydrogens is 293 g/mol. The molecule has 100 valence electrons. The molecule has 0 atom stereocenters. The fourth-order valence-electron chi connectivity index (χ4n) is 1.97. The number of nitrogens with zero attached hydrogens (tertiary/aromatic N) is 2. The average Bonchev–Trinajstić information content (AvgIpc) is 2.85. The van der Waals surface area contributed by atoms with E-state index < -0.39 is 0 Å². The lowest BCUT2D eigenvalue weighted by Crippen LogP contribution is -2.01. The average molecular weight is 304 g/mol. The number of aromatic nitrogens is 2. The molecular formula is C15H11Cl2N3. The van der Waals surface area contributed by atoms with Crippen molar-refractivity contribution in [2.24, 2.45) is 0 Å². The third-order valence-electron chi connectivity index (χ3n) is 2.95. The van der Waals surface area contributed by atoms with Crippen molar-refractivity contribution in [3.8, 4) is 16.9 Å². The van der Waals surface area contributed by atoms with E-state index in [1.807, 2.05) is 42.5 Å². The molecule has 3 nitrogen and oxygen atoms in total. The quantitative estimate of drug-likeness (QED) is 0.761. The Morgan fingerprint density at radius 3 is 2.35 bits per heavy atom. The van der Waals surface area contributed by atoms with Gasteiger partial charge in [0.15, 0.2) is 0 Å². The minimum absolute atomic E-state index is 0.497. The van der Waals surface area contributed by atoms with E-state index in [2.05, 4.69) is 5.10 Å². The first kappa shape index (κ1) is 13.0. The summed E-state index contributed by atoms with van der Waals surface area (Å²) in [5.41, 5.74) is 8.56. The van der Waals surface area contributed by atoms with Crippen LogP contribution >= 0.6 is 23.2 Å². The van der Waals surface area contributed by atoms with Crippen molar-refractivity contribution >= 4 is 29.0 Å². The molecule has 2 N–H and O–H groups in total. The summed E-state index contributed by atoms with van der Waals surface area (Å²) in [6.45, 7) is 0. The molecule has 0 aliphatic heterocycles. The molecule has 0 unspecified atom stereocenters. The van der Waals surface area contributed by atoms with Crippen molar-refractivity contribution in [2.75, 3.05) is 5.73 Å². The molecule has 0 bridgehead atoms. The number of halogens is 2. The maximum atomic E-state index is 6.03. The molecule has 0 amide bonds. The SMILES string of the molecule is Nc1cc(-c2ccc(Cl)c(Cl)c2)nn1-c1ccccc1. The van der Waals surface area contributed by atoms with Crippen LogP contribution in [0, 0.1) is 0 Å². The zero-order valence-electron chi connectivity index (χ0n) is 10.4. The van der Waals surface area contributed by atoms with E-state index in [-0.39, 0.29) is 0 Å². The van der Waals surface area contributed by atoms with Crippen LogP contribution in [0.15, 0.2) is 54.6 Å². The van der Waals surface area contributed by atoms with E-state index in [0.29, 0.717) is 15.9 Å². The highest BCUT2D eigenvalue weighted by atomic mass is 35.5. The molecule has 3 rings (SSSR count). The predicted octanol–water partition coefficient (Wildman–Crippen LogP) is 4.43. The Kier molecular flexibility index (Phi) is 3.38. The maximum Gasteiger partial charge on any atom is 0.127 e. The van der Waals surface area contributed by atoms with Crippen molar-refractivity contribution in [3.63, 3.8) is 0 Å². The molecule has 0 spiro atoms. The van der Waals surface area contributed by atoms with Crippen LogP contribution in [0.4, 0.5) is 5.82 Å². The molecule has 3 aromatic rings. The first-order valence-electron chi connectivity index (χ1n) is 6.01. The lowest BCUT2D eigenvalue weighted by molar-refractivity contribution is 0.895. The molecule has 0 aliphatic rings. The van der Waals surface area contributed by atoms with Gasteiger partial charge in [0, 0.05) is 11.6 Å². The molecule has 5 heteroatoms. The van der Waals surface area contributed by atoms with Gasteiger partial charge in [-0.05, 0) is 24.3 Å². The van der Waals surface area contributed by atoms with Gasteiger partial charge in [-0.1, -0.05) is 47.5 Å². The molecule has 1 heterocycles. The number of benzene rings is 2. The molecule has 0 aliphatic carbocycles. The second kappa shape index (κ2) is 5.19. The zero-order chi connectivity index (χ0) is 14.1. The highest BCUT2D eigenvalue weighted by Crippen LogP contribution is 2.29. The molecule has 0 saturated carbocycles. The topological polar surface area (TPSA) is 43.8 Å². The summed E-state index contributed by atoms with van der Waals surface area (Å²) in [5.74, 6) is 0.567. The second-order valence-electron chi connectivity index (χ2n) is 4.33. The highest BCUT2D eigenvalue weighted by molar-refractivity contribution is 6.42. The van der Waals surface area contributed by atoms with Gasteiger partial charge in [0.1, 0.15) is 5.82 Å². The van der Waals surface area contributed by atoms with Crippen LogP contribution in [0.2, 0.25) is 10.0 Å². The van der Waals surface area contributed by atoms with Gasteiger partial charge in [0.25, 0.3) is 0 Å². The van der Waals surface area contributed by atoms with Crippen LogP contribution in [0.3, 0.4) is 0 Å². The molecule has 20 heavy (non-hydrogen) atoms. The summed E-state index contributed by atoms with van der Waals surface area (Å²) in [6.07, 6.45) is 0. The number of rotatable bonds is 2. The number of nitrogen functional groups attached to an aromatic ring is 1. The van der Waals surface area contributed by atoms with Gasteiger partial charge in [-0.25, -0.2) is 4.68 Å². The minimum atomic E-state index is 0.497. The van der Waals surface area contributed by atoms with Crippen molar-refractivity contribution in [1.82, 2.24) is 9.78 Å². The zero-order valence-corrected chi connectivity index (χ0v) is 11.9. The lowest BCUT2D eigenvalue weighted by Gasteiger charge is -2.03. The smallest absolute Gasteiger partial charge is 0.127 e. The Balaban J connectivity index is 2.06. The molecule has 1 aromatic heterocycles. The van der Waals surface area contributed by atoms with E-state index in [4.69, 9.17) is 28.9 Å². The molecule has 0 radical (unpaired) electrons. The Bertz CT molecular complexity index is 751. The van der Waals surface area contributed by atoms with E-state index in [1.165, 1.54) is 0 Å². The first-order valence-corrected chi connectivity index (χ1v) is 6.77. The number of para-hydroxylation sites is 1. The van der Waals surface area contributed by atoms with Crippen LogP contribution in [0.25, 0.3) is 16.9 Å². The Morgan fingerprint density at radius 2 is 1.65 bits per heavy atom. The van der Waals surface area contributed by atoms with Gasteiger partial charge >= 0.3 is 0 Å². The summed E-state index contributed by atoms with van der Waals surface area (Å²) >= 11 is 11.9. The molecule has 2 aromatic carbocycles. The largest absolute Gasteiger partial charge is 0.384 e. The van der Waals surface area contributed by atoms with Crippen LogP contribution in [-0.4, -0.2) is 9.78 Å². The van der Waals surface area contributed by atoms with Crippen LogP contribution in [0.5, 0.6) is 0 Å². The fraction of sp³-hybridized carbons (Fsp3) is 0. The van der Waals surface area contributed by atoms with E-state index in [0.717, 1.165) is 16.9 Å². The highest BCUT2D eigenvalue weighted by Gasteiger charge is 2.10. The van der Waals surface area contributed by atoms with Gasteiger partial charge in [0.2, 0.25) is 0 Å². The van der Waals surface area contributed by atoms with Crippen molar-refractivity contribution in [3.05, 3.63) is 64.6 Å². The van der Waals surface area contributed by atoms with Gasteiger partial charge in [0.05, 0.1) is 21.4 Å². The van der Waals surface area contributed by atoms with Crippen molar-refractivity contribution in [1.29, 1.82) is 0 Å². The van der Waals surface area contributed by atoms with Gasteiger partial charge in [-0.15, -0.1) is 0 Å². The summed E-state index contributed by atoms with van der Waals surface area (Å²) in [5, 5.41) is 5.53. The van der Waals surface area contributed by atoms with Crippen LogP contribution in [-0.2, 0) is 0 Å². The van der Waals surface area contributed by atoms with E-state index >= 15 is 0 Å². The number of anilines is 1. The van der Waals surface area contributed by atoms with E-state index in [1.54, 1.807) is 16.8 Å². The summed E-state index contributed by atoms with van der Waals surface area (Å²) in [6, 6.07) is 16.9. The van der Waals surface area contributed by atoms with Gasteiger partial charge in [-0.3, -0.25) is 0 Å². The maximum absolute atomic E-state index is 6.03. The monoisotopic (exact) mass is 303 g/mol. The minimum Gasteiger partial charge on any atom is -0.384 e. The Morgan fingerprint density at radius 1 is 0.900 bits per heavy atom. The van der Waals surface area contributed by atoms with Gasteiger partial charge in [-0.2, -0.15) is 5.10 Å². The van der Waals surface area contributed by atoms with Crippen LogP contribution < -0.4 is 5.73 Å². The summed E-state index contributed by atoms with van der Waals surface area (Å²) in [7, 11) is 0. The van der Waals surface area contributed by atoms with Gasteiger partial charge < -0.3 is 5.73 Å². The molecule has 0 fully saturated rings. The fourth-order valence-corrected chi connectivity index (χ4v) is 2.27. The lowest BCUT2D eigenvalue weighted by atomic mass is 10.1. The number of nitrogens with two attached hydrogens (primary N) is 1. The predicted molar refractivity (Wildman–Crippen MR) is 83.4 cm³/mol. The second-order valence-corrected chi connectivity index (χ2v) is 5.15.